The summed E-state index contributed by atoms with van der Waals surface area (Å²) in [6, 6.07) is 17.2. The molecule has 2 amide bonds. The maximum Gasteiger partial charge on any atom is 0.251 e. The molecule has 2 aromatic rings. The summed E-state index contributed by atoms with van der Waals surface area (Å²) >= 11 is 0. The lowest BCUT2D eigenvalue weighted by Gasteiger charge is -2.14. The van der Waals surface area contributed by atoms with Crippen LogP contribution < -0.4 is 10.6 Å². The van der Waals surface area contributed by atoms with Crippen LogP contribution in [0, 0.1) is 11.3 Å². The molecule has 0 saturated heterocycles. The minimum absolute atomic E-state index is 0.148. The van der Waals surface area contributed by atoms with Gasteiger partial charge in [-0.3, -0.25) is 9.59 Å². The van der Waals surface area contributed by atoms with E-state index < -0.39 is 0 Å². The number of carbonyl (C=O) groups is 2. The number of hydrogen-bond acceptors (Lipinski definition) is 3. The Bertz CT molecular complexity index is 735. The van der Waals surface area contributed by atoms with Crippen molar-refractivity contribution >= 4 is 17.5 Å². The Hall–Kier alpha value is -3.13. The van der Waals surface area contributed by atoms with Crippen LogP contribution in [0.5, 0.6) is 0 Å². The summed E-state index contributed by atoms with van der Waals surface area (Å²) < 4.78 is 0. The molecule has 0 fully saturated rings. The number of carbonyl (C=O) groups excluding carboxylic acids is 2. The Morgan fingerprint density at radius 1 is 1.13 bits per heavy atom. The van der Waals surface area contributed by atoms with Crippen LogP contribution in [0.1, 0.15) is 29.3 Å². The van der Waals surface area contributed by atoms with E-state index >= 15 is 0 Å². The second kappa shape index (κ2) is 7.76. The first-order chi connectivity index (χ1) is 11.1. The van der Waals surface area contributed by atoms with Crippen molar-refractivity contribution in [1.29, 1.82) is 5.26 Å². The third-order valence-electron chi connectivity index (χ3n) is 3.18. The molecule has 0 spiro atoms. The predicted molar refractivity (Wildman–Crippen MR) is 87.8 cm³/mol. The van der Waals surface area contributed by atoms with Gasteiger partial charge < -0.3 is 10.6 Å². The molecule has 2 aromatic carbocycles. The highest BCUT2D eigenvalue weighted by molar-refractivity contribution is 5.95. The summed E-state index contributed by atoms with van der Waals surface area (Å²) in [6.07, 6.45) is 0.148. The van der Waals surface area contributed by atoms with Crippen LogP contribution in [0.25, 0.3) is 0 Å². The molecule has 5 heteroatoms. The fourth-order valence-electron chi connectivity index (χ4n) is 2.10. The lowest BCUT2D eigenvalue weighted by Crippen LogP contribution is -2.35. The van der Waals surface area contributed by atoms with Crippen molar-refractivity contribution in [2.75, 3.05) is 5.32 Å². The Balaban J connectivity index is 1.87. The zero-order chi connectivity index (χ0) is 16.7. The molecule has 1 unspecified atom stereocenters. The van der Waals surface area contributed by atoms with Gasteiger partial charge in [-0.1, -0.05) is 24.3 Å². The summed E-state index contributed by atoms with van der Waals surface area (Å²) in [5, 5.41) is 14.3. The van der Waals surface area contributed by atoms with E-state index in [9.17, 15) is 9.59 Å². The number of rotatable bonds is 5. The van der Waals surface area contributed by atoms with E-state index in [0.717, 1.165) is 0 Å². The molecule has 0 aliphatic heterocycles. The van der Waals surface area contributed by atoms with E-state index in [1.54, 1.807) is 55.5 Å². The molecular weight excluding hydrogens is 290 g/mol. The third-order valence-corrected chi connectivity index (χ3v) is 3.18. The molecule has 116 valence electrons. The van der Waals surface area contributed by atoms with Crippen molar-refractivity contribution in [2.45, 2.75) is 19.4 Å². The molecule has 23 heavy (non-hydrogen) atoms. The van der Waals surface area contributed by atoms with Gasteiger partial charge in [0.15, 0.2) is 0 Å². The summed E-state index contributed by atoms with van der Waals surface area (Å²) in [5.74, 6) is -0.432. The van der Waals surface area contributed by atoms with E-state index in [-0.39, 0.29) is 24.3 Å². The average molecular weight is 307 g/mol. The number of benzene rings is 2. The molecule has 0 bridgehead atoms. The van der Waals surface area contributed by atoms with Gasteiger partial charge in [0.25, 0.3) is 5.91 Å². The number of nitrogens with one attached hydrogen (secondary N) is 2. The highest BCUT2D eigenvalue weighted by Gasteiger charge is 2.13. The fraction of sp³-hybridized carbons (Fsp3) is 0.167. The minimum Gasteiger partial charge on any atom is -0.349 e. The highest BCUT2D eigenvalue weighted by atomic mass is 16.2. The lowest BCUT2D eigenvalue weighted by atomic mass is 10.1. The predicted octanol–water partition coefficient (Wildman–Crippen LogP) is 2.71. The smallest absolute Gasteiger partial charge is 0.251 e. The quantitative estimate of drug-likeness (QED) is 0.891. The van der Waals surface area contributed by atoms with Gasteiger partial charge in [0, 0.05) is 23.7 Å². The van der Waals surface area contributed by atoms with Gasteiger partial charge in [-0.25, -0.2) is 0 Å². The SMILES string of the molecule is CC(CC(=O)Nc1cccc(C#N)c1)NC(=O)c1ccccc1. The second-order valence-corrected chi connectivity index (χ2v) is 5.19. The van der Waals surface area contributed by atoms with Gasteiger partial charge in [0.1, 0.15) is 0 Å². The molecule has 0 saturated carbocycles. The van der Waals surface area contributed by atoms with Gasteiger partial charge >= 0.3 is 0 Å². The third kappa shape index (κ3) is 4.97. The first-order valence-corrected chi connectivity index (χ1v) is 7.24. The zero-order valence-corrected chi connectivity index (χ0v) is 12.7. The van der Waals surface area contributed by atoms with Crippen LogP contribution in [0.2, 0.25) is 0 Å². The van der Waals surface area contributed by atoms with Crippen molar-refractivity contribution in [3.63, 3.8) is 0 Å². The second-order valence-electron chi connectivity index (χ2n) is 5.19. The number of hydrogen-bond donors (Lipinski definition) is 2. The van der Waals surface area contributed by atoms with Crippen LogP contribution in [0.15, 0.2) is 54.6 Å². The fourth-order valence-corrected chi connectivity index (χ4v) is 2.10. The topological polar surface area (TPSA) is 82.0 Å². The van der Waals surface area contributed by atoms with Crippen LogP contribution in [-0.2, 0) is 4.79 Å². The molecule has 0 heterocycles. The largest absolute Gasteiger partial charge is 0.349 e. The number of amides is 2. The van der Waals surface area contributed by atoms with Crippen LogP contribution in [0.3, 0.4) is 0 Å². The van der Waals surface area contributed by atoms with Gasteiger partial charge in [-0.2, -0.15) is 5.26 Å². The molecule has 2 rings (SSSR count). The normalized spacial score (nSPS) is 11.1. The first kappa shape index (κ1) is 16.2. The van der Waals surface area contributed by atoms with Crippen LogP contribution >= 0.6 is 0 Å². The molecular formula is C18H17N3O2. The van der Waals surface area contributed by atoms with Crippen molar-refractivity contribution in [1.82, 2.24) is 5.32 Å². The van der Waals surface area contributed by atoms with E-state index in [4.69, 9.17) is 5.26 Å². The van der Waals surface area contributed by atoms with Gasteiger partial charge in [-0.05, 0) is 37.3 Å². The Morgan fingerprint density at radius 3 is 2.57 bits per heavy atom. The average Bonchev–Trinajstić information content (AvgIpc) is 2.55. The highest BCUT2D eigenvalue weighted by Crippen LogP contribution is 2.10. The summed E-state index contributed by atoms with van der Waals surface area (Å²) in [6.45, 7) is 1.77. The Morgan fingerprint density at radius 2 is 1.87 bits per heavy atom. The van der Waals surface area contributed by atoms with E-state index in [0.29, 0.717) is 16.8 Å². The molecule has 1 atom stereocenters. The molecule has 2 N–H and O–H groups in total. The summed E-state index contributed by atoms with van der Waals surface area (Å²) in [7, 11) is 0. The Kier molecular flexibility index (Phi) is 5.48. The van der Waals surface area contributed by atoms with Crippen LogP contribution in [0.4, 0.5) is 5.69 Å². The molecule has 0 radical (unpaired) electrons. The molecule has 5 nitrogen and oxygen atoms in total. The molecule has 0 aromatic heterocycles. The maximum absolute atomic E-state index is 12.0. The monoisotopic (exact) mass is 307 g/mol. The first-order valence-electron chi connectivity index (χ1n) is 7.24. The minimum atomic E-state index is -0.304. The standard InChI is InChI=1S/C18H17N3O2/c1-13(20-18(23)15-7-3-2-4-8-15)10-17(22)21-16-9-5-6-14(11-16)12-19/h2-9,11,13H,10H2,1H3,(H,20,23)(H,21,22). The van der Waals surface area contributed by atoms with Crippen molar-refractivity contribution in [2.24, 2.45) is 0 Å². The number of anilines is 1. The van der Waals surface area contributed by atoms with Crippen LogP contribution in [-0.4, -0.2) is 17.9 Å². The lowest BCUT2D eigenvalue weighted by molar-refractivity contribution is -0.116. The van der Waals surface area contributed by atoms with Gasteiger partial charge in [-0.15, -0.1) is 0 Å². The molecule has 0 aliphatic rings. The summed E-state index contributed by atoms with van der Waals surface area (Å²) in [5.41, 5.74) is 1.60. The van der Waals surface area contributed by atoms with Gasteiger partial charge in [0.2, 0.25) is 5.91 Å². The van der Waals surface area contributed by atoms with E-state index in [2.05, 4.69) is 10.6 Å². The van der Waals surface area contributed by atoms with Crippen molar-refractivity contribution in [3.05, 3.63) is 65.7 Å². The van der Waals surface area contributed by atoms with E-state index in [1.807, 2.05) is 12.1 Å². The number of nitriles is 1. The number of nitrogens with zero attached hydrogens (tertiary/aromatic N) is 1. The zero-order valence-electron chi connectivity index (χ0n) is 12.7. The van der Waals surface area contributed by atoms with Gasteiger partial charge in [0.05, 0.1) is 11.6 Å². The van der Waals surface area contributed by atoms with Crippen molar-refractivity contribution in [3.8, 4) is 6.07 Å². The molecule has 0 aliphatic carbocycles. The maximum atomic E-state index is 12.0. The Labute approximate surface area is 134 Å². The summed E-state index contributed by atoms with van der Waals surface area (Å²) in [4.78, 5) is 24.0. The van der Waals surface area contributed by atoms with Crippen molar-refractivity contribution < 1.29 is 9.59 Å². The van der Waals surface area contributed by atoms with E-state index in [1.165, 1.54) is 0 Å².